The number of hydrogen-bond donors (Lipinski definition) is 0. The van der Waals surface area contributed by atoms with E-state index >= 15 is 0 Å². The van der Waals surface area contributed by atoms with Gasteiger partial charge in [-0.2, -0.15) is 0 Å². The number of nitrogens with zero attached hydrogens (tertiary/aromatic N) is 2. The SMILES string of the molecule is c1ccc(-c2ccc(-c3ccc(N(c4ccc(-c5cccc6oc7c(c8ccccc8n7-c7ccccc7)c56)cc4)c4cccc5c4oc4ccccc45)cc3)cc2)cc1. The van der Waals surface area contributed by atoms with Gasteiger partial charge in [-0.05, 0) is 94.0 Å². The highest BCUT2D eigenvalue weighted by atomic mass is 16.3. The monoisotopic (exact) mass is 768 g/mol. The minimum atomic E-state index is 0.849. The maximum Gasteiger partial charge on any atom is 0.213 e. The van der Waals surface area contributed by atoms with Gasteiger partial charge < -0.3 is 13.7 Å². The predicted molar refractivity (Wildman–Crippen MR) is 249 cm³/mol. The van der Waals surface area contributed by atoms with E-state index in [-0.39, 0.29) is 0 Å². The number of aromatic nitrogens is 1. The second-order valence-corrected chi connectivity index (χ2v) is 15.3. The Morgan fingerprint density at radius 3 is 1.60 bits per heavy atom. The second kappa shape index (κ2) is 13.8. The lowest BCUT2D eigenvalue weighted by Gasteiger charge is -2.26. The number of para-hydroxylation sites is 4. The van der Waals surface area contributed by atoms with Gasteiger partial charge in [0.05, 0.1) is 16.6 Å². The van der Waals surface area contributed by atoms with Crippen LogP contribution in [0.3, 0.4) is 0 Å². The van der Waals surface area contributed by atoms with Crippen LogP contribution in [0.1, 0.15) is 0 Å². The Labute approximate surface area is 346 Å². The molecule has 0 spiro atoms. The van der Waals surface area contributed by atoms with E-state index in [9.17, 15) is 0 Å². The molecule has 60 heavy (non-hydrogen) atoms. The van der Waals surface area contributed by atoms with Crippen LogP contribution in [-0.4, -0.2) is 4.57 Å². The first-order chi connectivity index (χ1) is 29.8. The lowest BCUT2D eigenvalue weighted by molar-refractivity contribution is 0.645. The second-order valence-electron chi connectivity index (χ2n) is 15.3. The standard InChI is InChI=1S/C56H36N2O2/c1-3-13-37(14-4-1)38-25-27-39(28-26-38)40-29-33-43(34-30-40)57(50-22-11-20-47-46-17-8-10-23-51(46)59-55(47)50)44-35-31-41(32-36-44)45-19-12-24-52-53(45)54-48-18-7-9-21-49(48)58(56(54)60-52)42-15-5-2-6-16-42/h1-36H. The molecule has 0 radical (unpaired) electrons. The zero-order valence-corrected chi connectivity index (χ0v) is 32.5. The van der Waals surface area contributed by atoms with Gasteiger partial charge in [-0.25, -0.2) is 0 Å². The lowest BCUT2D eigenvalue weighted by atomic mass is 9.98. The molecule has 0 fully saturated rings. The molecule has 0 bridgehead atoms. The molecule has 12 rings (SSSR count). The van der Waals surface area contributed by atoms with Gasteiger partial charge >= 0.3 is 0 Å². The molecule has 3 heterocycles. The fraction of sp³-hybridized carbons (Fsp3) is 0. The van der Waals surface area contributed by atoms with Crippen molar-refractivity contribution in [1.29, 1.82) is 0 Å². The normalized spacial score (nSPS) is 11.7. The van der Waals surface area contributed by atoms with E-state index in [2.05, 4.69) is 210 Å². The summed E-state index contributed by atoms with van der Waals surface area (Å²) >= 11 is 0. The topological polar surface area (TPSA) is 34.5 Å². The summed E-state index contributed by atoms with van der Waals surface area (Å²) in [5.74, 6) is 0. The van der Waals surface area contributed by atoms with E-state index in [1.54, 1.807) is 0 Å². The van der Waals surface area contributed by atoms with E-state index in [1.807, 2.05) is 18.2 Å². The van der Waals surface area contributed by atoms with Crippen LogP contribution in [0.15, 0.2) is 227 Å². The van der Waals surface area contributed by atoms with Gasteiger partial charge in [0.2, 0.25) is 5.71 Å². The average molecular weight is 769 g/mol. The minimum absolute atomic E-state index is 0.849. The van der Waals surface area contributed by atoms with Crippen LogP contribution < -0.4 is 4.90 Å². The Balaban J connectivity index is 0.981. The van der Waals surface area contributed by atoms with Crippen molar-refractivity contribution in [1.82, 2.24) is 4.57 Å². The third-order valence-corrected chi connectivity index (χ3v) is 11.8. The van der Waals surface area contributed by atoms with Crippen LogP contribution in [0.2, 0.25) is 0 Å². The van der Waals surface area contributed by atoms with Crippen molar-refractivity contribution in [3.63, 3.8) is 0 Å². The van der Waals surface area contributed by atoms with Crippen molar-refractivity contribution >= 4 is 72.0 Å². The number of fused-ring (bicyclic) bond motifs is 8. The maximum absolute atomic E-state index is 6.74. The molecule has 0 aliphatic heterocycles. The summed E-state index contributed by atoms with van der Waals surface area (Å²) in [4.78, 5) is 2.31. The molecule has 0 aliphatic rings. The van der Waals surface area contributed by atoms with Crippen molar-refractivity contribution in [3.05, 3.63) is 218 Å². The molecule has 4 heteroatoms. The summed E-state index contributed by atoms with van der Waals surface area (Å²) in [6.45, 7) is 0. The van der Waals surface area contributed by atoms with Gasteiger partial charge in [-0.1, -0.05) is 158 Å². The highest BCUT2D eigenvalue weighted by Crippen LogP contribution is 2.45. The first-order valence-corrected chi connectivity index (χ1v) is 20.3. The Kier molecular flexibility index (Phi) is 7.82. The number of rotatable bonds is 7. The van der Waals surface area contributed by atoms with Crippen LogP contribution in [0.5, 0.6) is 0 Å². The molecule has 9 aromatic carbocycles. The quantitative estimate of drug-likeness (QED) is 0.162. The molecule has 0 amide bonds. The van der Waals surface area contributed by atoms with Gasteiger partial charge in [0.25, 0.3) is 0 Å². The molecule has 0 N–H and O–H groups in total. The van der Waals surface area contributed by atoms with Gasteiger partial charge in [0.1, 0.15) is 11.2 Å². The van der Waals surface area contributed by atoms with E-state index < -0.39 is 0 Å². The first-order valence-electron chi connectivity index (χ1n) is 20.3. The minimum Gasteiger partial charge on any atom is -0.454 e. The Hall–Kier alpha value is -8.08. The van der Waals surface area contributed by atoms with E-state index in [4.69, 9.17) is 8.83 Å². The first kappa shape index (κ1) is 34.0. The fourth-order valence-corrected chi connectivity index (χ4v) is 9.02. The smallest absolute Gasteiger partial charge is 0.213 e. The van der Waals surface area contributed by atoms with E-state index in [0.717, 1.165) is 89.0 Å². The van der Waals surface area contributed by atoms with E-state index in [1.165, 1.54) is 22.1 Å². The molecule has 12 aromatic rings. The molecule has 0 aliphatic carbocycles. The maximum atomic E-state index is 6.74. The fourth-order valence-electron chi connectivity index (χ4n) is 9.02. The highest BCUT2D eigenvalue weighted by molar-refractivity contribution is 6.23. The highest BCUT2D eigenvalue weighted by Gasteiger charge is 2.23. The molecule has 4 nitrogen and oxygen atoms in total. The number of furan rings is 2. The Morgan fingerprint density at radius 2 is 0.883 bits per heavy atom. The molecule has 282 valence electrons. The summed E-state index contributed by atoms with van der Waals surface area (Å²) in [5.41, 5.74) is 15.7. The molecule has 0 saturated heterocycles. The zero-order valence-electron chi connectivity index (χ0n) is 32.5. The predicted octanol–water partition coefficient (Wildman–Crippen LogP) is 15.9. The summed E-state index contributed by atoms with van der Waals surface area (Å²) in [7, 11) is 0. The van der Waals surface area contributed by atoms with Gasteiger partial charge in [0.15, 0.2) is 5.58 Å². The largest absolute Gasteiger partial charge is 0.454 e. The Bertz CT molecular complexity index is 3500. The van der Waals surface area contributed by atoms with Crippen LogP contribution >= 0.6 is 0 Å². The molecule has 0 atom stereocenters. The number of hydrogen-bond acceptors (Lipinski definition) is 3. The molecular formula is C56H36N2O2. The summed E-state index contributed by atoms with van der Waals surface area (Å²) < 4.78 is 15.6. The molecule has 3 aromatic heterocycles. The molecule has 0 unspecified atom stereocenters. The average Bonchev–Trinajstić information content (AvgIpc) is 4.00. The van der Waals surface area contributed by atoms with Crippen molar-refractivity contribution < 1.29 is 8.83 Å². The van der Waals surface area contributed by atoms with Crippen LogP contribution in [0.4, 0.5) is 17.1 Å². The van der Waals surface area contributed by atoms with Crippen molar-refractivity contribution in [3.8, 4) is 39.1 Å². The number of anilines is 3. The third kappa shape index (κ3) is 5.46. The molecule has 0 saturated carbocycles. The summed E-state index contributed by atoms with van der Waals surface area (Å²) in [6.07, 6.45) is 0. The van der Waals surface area contributed by atoms with Crippen LogP contribution in [-0.2, 0) is 0 Å². The van der Waals surface area contributed by atoms with Crippen molar-refractivity contribution in [2.24, 2.45) is 0 Å². The van der Waals surface area contributed by atoms with E-state index in [0.29, 0.717) is 0 Å². The lowest BCUT2D eigenvalue weighted by Crippen LogP contribution is -2.10. The van der Waals surface area contributed by atoms with Crippen LogP contribution in [0.25, 0.3) is 94.0 Å². The van der Waals surface area contributed by atoms with Gasteiger partial charge in [-0.15, -0.1) is 0 Å². The summed E-state index contributed by atoms with van der Waals surface area (Å²) in [5, 5.41) is 5.59. The zero-order chi connectivity index (χ0) is 39.6. The Morgan fingerprint density at radius 1 is 0.350 bits per heavy atom. The van der Waals surface area contributed by atoms with Crippen molar-refractivity contribution in [2.75, 3.05) is 4.90 Å². The number of benzene rings is 9. The molecular weight excluding hydrogens is 733 g/mol. The summed E-state index contributed by atoms with van der Waals surface area (Å²) in [6, 6.07) is 77.2. The van der Waals surface area contributed by atoms with Gasteiger partial charge in [0, 0.05) is 38.6 Å². The van der Waals surface area contributed by atoms with Gasteiger partial charge in [-0.3, -0.25) is 4.57 Å². The third-order valence-electron chi connectivity index (χ3n) is 11.8. The van der Waals surface area contributed by atoms with Crippen LogP contribution in [0, 0.1) is 0 Å². The van der Waals surface area contributed by atoms with Crippen molar-refractivity contribution in [2.45, 2.75) is 0 Å².